The summed E-state index contributed by atoms with van der Waals surface area (Å²) in [5.41, 5.74) is 3.57. The number of benzene rings is 1. The van der Waals surface area contributed by atoms with Crippen molar-refractivity contribution in [2.24, 2.45) is 15.9 Å². The molecule has 0 saturated heterocycles. The monoisotopic (exact) mass is 297 g/mol. The molecule has 114 valence electrons. The SMILES string of the molecule is CCc1cnc(OCC(C=Nc2ccc(C)cc2)=NN)nc1. The van der Waals surface area contributed by atoms with Gasteiger partial charge in [0.05, 0.1) is 11.9 Å². The van der Waals surface area contributed by atoms with Gasteiger partial charge in [0.15, 0.2) is 0 Å². The molecule has 6 heteroatoms. The zero-order valence-electron chi connectivity index (χ0n) is 12.7. The van der Waals surface area contributed by atoms with E-state index in [0.717, 1.165) is 17.7 Å². The molecule has 0 bridgehead atoms. The highest BCUT2D eigenvalue weighted by Crippen LogP contribution is 2.11. The van der Waals surface area contributed by atoms with E-state index >= 15 is 0 Å². The molecule has 6 nitrogen and oxygen atoms in total. The predicted octanol–water partition coefficient (Wildman–Crippen LogP) is 2.44. The largest absolute Gasteiger partial charge is 0.457 e. The van der Waals surface area contributed by atoms with Gasteiger partial charge in [-0.3, -0.25) is 4.99 Å². The fraction of sp³-hybridized carbons (Fsp3) is 0.250. The second kappa shape index (κ2) is 7.87. The van der Waals surface area contributed by atoms with Gasteiger partial charge >= 0.3 is 6.01 Å². The summed E-state index contributed by atoms with van der Waals surface area (Å²) in [6, 6.07) is 8.12. The lowest BCUT2D eigenvalue weighted by molar-refractivity contribution is 0.346. The maximum Gasteiger partial charge on any atom is 0.316 e. The number of nitrogens with zero attached hydrogens (tertiary/aromatic N) is 4. The highest BCUT2D eigenvalue weighted by atomic mass is 16.5. The topological polar surface area (TPSA) is 85.8 Å². The molecule has 0 amide bonds. The van der Waals surface area contributed by atoms with Gasteiger partial charge in [0.1, 0.15) is 12.3 Å². The van der Waals surface area contributed by atoms with Gasteiger partial charge in [0.25, 0.3) is 0 Å². The van der Waals surface area contributed by atoms with Crippen LogP contribution in [0.25, 0.3) is 0 Å². The first-order valence-corrected chi connectivity index (χ1v) is 7.02. The number of hydrogen-bond donors (Lipinski definition) is 1. The number of aliphatic imine (C=N–C) groups is 1. The molecule has 2 rings (SSSR count). The Morgan fingerprint density at radius 2 is 1.91 bits per heavy atom. The fourth-order valence-corrected chi connectivity index (χ4v) is 1.63. The molecule has 22 heavy (non-hydrogen) atoms. The standard InChI is InChI=1S/C16H19N5O/c1-3-13-8-19-16(20-9-13)22-11-15(21-17)10-18-14-6-4-12(2)5-7-14/h4-10H,3,11,17H2,1-2H3. The fourth-order valence-electron chi connectivity index (χ4n) is 1.63. The molecule has 0 fully saturated rings. The zero-order chi connectivity index (χ0) is 15.8. The lowest BCUT2D eigenvalue weighted by Gasteiger charge is -2.04. The van der Waals surface area contributed by atoms with Crippen LogP contribution in [0.5, 0.6) is 6.01 Å². The minimum Gasteiger partial charge on any atom is -0.457 e. The highest BCUT2D eigenvalue weighted by molar-refractivity contribution is 6.31. The van der Waals surface area contributed by atoms with Crippen molar-refractivity contribution in [1.29, 1.82) is 0 Å². The molecular formula is C16H19N5O. The van der Waals surface area contributed by atoms with Crippen LogP contribution >= 0.6 is 0 Å². The number of rotatable bonds is 6. The number of aryl methyl sites for hydroxylation is 2. The van der Waals surface area contributed by atoms with Gasteiger partial charge in [-0.25, -0.2) is 9.97 Å². The minimum atomic E-state index is 0.164. The Bertz CT molecular complexity index is 647. The summed E-state index contributed by atoms with van der Waals surface area (Å²) in [5, 5.41) is 3.66. The first-order valence-electron chi connectivity index (χ1n) is 7.02. The number of aromatic nitrogens is 2. The average molecular weight is 297 g/mol. The molecule has 0 aliphatic carbocycles. The van der Waals surface area contributed by atoms with Crippen LogP contribution < -0.4 is 10.6 Å². The van der Waals surface area contributed by atoms with E-state index in [2.05, 4.69) is 20.1 Å². The molecule has 2 aromatic rings. The second-order valence-corrected chi connectivity index (χ2v) is 4.73. The molecule has 1 aromatic heterocycles. The third kappa shape index (κ3) is 4.66. The van der Waals surface area contributed by atoms with E-state index in [1.54, 1.807) is 18.6 Å². The van der Waals surface area contributed by atoms with Crippen molar-refractivity contribution in [3.8, 4) is 6.01 Å². The Kier molecular flexibility index (Phi) is 5.59. The first kappa shape index (κ1) is 15.6. The predicted molar refractivity (Wildman–Crippen MR) is 87.9 cm³/mol. The average Bonchev–Trinajstić information content (AvgIpc) is 2.57. The van der Waals surface area contributed by atoms with Crippen LogP contribution in [0.2, 0.25) is 0 Å². The van der Waals surface area contributed by atoms with E-state index in [4.69, 9.17) is 10.6 Å². The van der Waals surface area contributed by atoms with E-state index in [9.17, 15) is 0 Å². The van der Waals surface area contributed by atoms with Crippen LogP contribution in [0.1, 0.15) is 18.1 Å². The maximum atomic E-state index is 5.44. The van der Waals surface area contributed by atoms with Crippen molar-refractivity contribution < 1.29 is 4.74 Å². The third-order valence-electron chi connectivity index (χ3n) is 3.00. The van der Waals surface area contributed by atoms with Gasteiger partial charge in [0, 0.05) is 12.4 Å². The van der Waals surface area contributed by atoms with Crippen molar-refractivity contribution in [1.82, 2.24) is 9.97 Å². The van der Waals surface area contributed by atoms with Crippen LogP contribution in [0.3, 0.4) is 0 Å². The van der Waals surface area contributed by atoms with Gasteiger partial charge in [-0.2, -0.15) is 5.10 Å². The molecule has 1 aromatic carbocycles. The quantitative estimate of drug-likeness (QED) is 0.504. The molecule has 0 atom stereocenters. The molecule has 0 aliphatic rings. The second-order valence-electron chi connectivity index (χ2n) is 4.73. The van der Waals surface area contributed by atoms with Gasteiger partial charge in [-0.15, -0.1) is 0 Å². The Morgan fingerprint density at radius 3 is 2.50 bits per heavy atom. The first-order chi connectivity index (χ1) is 10.7. The van der Waals surface area contributed by atoms with Crippen molar-refractivity contribution in [2.75, 3.05) is 6.61 Å². The summed E-state index contributed by atoms with van der Waals surface area (Å²) in [6.07, 6.45) is 5.94. The Labute approximate surface area is 129 Å². The molecule has 0 radical (unpaired) electrons. The molecule has 0 saturated carbocycles. The van der Waals surface area contributed by atoms with Crippen LogP contribution in [0.4, 0.5) is 5.69 Å². The summed E-state index contributed by atoms with van der Waals surface area (Å²) < 4.78 is 5.44. The smallest absolute Gasteiger partial charge is 0.316 e. The van der Waals surface area contributed by atoms with Gasteiger partial charge in [0.2, 0.25) is 0 Å². The summed E-state index contributed by atoms with van der Waals surface area (Å²) in [4.78, 5) is 12.5. The van der Waals surface area contributed by atoms with Crippen LogP contribution in [-0.4, -0.2) is 28.5 Å². The minimum absolute atomic E-state index is 0.164. The van der Waals surface area contributed by atoms with E-state index in [1.165, 1.54) is 5.56 Å². The maximum absolute atomic E-state index is 5.44. The zero-order valence-corrected chi connectivity index (χ0v) is 12.7. The van der Waals surface area contributed by atoms with Gasteiger partial charge in [-0.1, -0.05) is 24.6 Å². The number of ether oxygens (including phenoxy) is 1. The molecule has 0 unspecified atom stereocenters. The van der Waals surface area contributed by atoms with E-state index in [0.29, 0.717) is 11.7 Å². The van der Waals surface area contributed by atoms with E-state index in [1.807, 2.05) is 38.1 Å². The molecular weight excluding hydrogens is 278 g/mol. The molecule has 1 heterocycles. The summed E-state index contributed by atoms with van der Waals surface area (Å²) in [5.74, 6) is 5.35. The van der Waals surface area contributed by atoms with Crippen molar-refractivity contribution in [2.45, 2.75) is 20.3 Å². The molecule has 2 N–H and O–H groups in total. The van der Waals surface area contributed by atoms with Crippen molar-refractivity contribution in [3.05, 3.63) is 47.8 Å². The van der Waals surface area contributed by atoms with Crippen LogP contribution in [-0.2, 0) is 6.42 Å². The summed E-state index contributed by atoms with van der Waals surface area (Å²) >= 11 is 0. The molecule has 0 spiro atoms. The lowest BCUT2D eigenvalue weighted by atomic mass is 10.2. The van der Waals surface area contributed by atoms with Gasteiger partial charge < -0.3 is 10.6 Å². The normalized spacial score (nSPS) is 11.8. The Balaban J connectivity index is 1.93. The van der Waals surface area contributed by atoms with E-state index < -0.39 is 0 Å². The number of hydrazone groups is 1. The Morgan fingerprint density at radius 1 is 1.23 bits per heavy atom. The lowest BCUT2D eigenvalue weighted by Crippen LogP contribution is -2.16. The van der Waals surface area contributed by atoms with E-state index in [-0.39, 0.29) is 6.61 Å². The number of nitrogens with two attached hydrogens (primary N) is 1. The summed E-state index contributed by atoms with van der Waals surface area (Å²) in [6.45, 7) is 4.23. The summed E-state index contributed by atoms with van der Waals surface area (Å²) in [7, 11) is 0. The number of hydrogen-bond acceptors (Lipinski definition) is 6. The van der Waals surface area contributed by atoms with Gasteiger partial charge in [-0.05, 0) is 31.0 Å². The van der Waals surface area contributed by atoms with Crippen LogP contribution in [0, 0.1) is 6.92 Å². The Hall–Kier alpha value is -2.76. The van der Waals surface area contributed by atoms with Crippen LogP contribution in [0.15, 0.2) is 46.8 Å². The van der Waals surface area contributed by atoms with Crippen molar-refractivity contribution >= 4 is 17.6 Å². The third-order valence-corrected chi connectivity index (χ3v) is 3.00. The highest BCUT2D eigenvalue weighted by Gasteiger charge is 2.01. The molecule has 0 aliphatic heterocycles. The van der Waals surface area contributed by atoms with Crippen molar-refractivity contribution in [3.63, 3.8) is 0 Å².